The van der Waals surface area contributed by atoms with Gasteiger partial charge in [-0.2, -0.15) is 0 Å². The lowest BCUT2D eigenvalue weighted by atomic mass is 10.1. The van der Waals surface area contributed by atoms with Gasteiger partial charge in [-0.05, 0) is 52.3 Å². The fourth-order valence-electron chi connectivity index (χ4n) is 1.59. The number of nitrogens with one attached hydrogen (secondary N) is 1. The van der Waals surface area contributed by atoms with Gasteiger partial charge >= 0.3 is 0 Å². The van der Waals surface area contributed by atoms with Crippen LogP contribution < -0.4 is 5.32 Å². The molecule has 0 spiro atoms. The lowest BCUT2D eigenvalue weighted by Gasteiger charge is -2.25. The van der Waals surface area contributed by atoms with Crippen molar-refractivity contribution >= 4 is 22.9 Å². The number of halogens is 1. The molecule has 104 valence electrons. The minimum absolute atomic E-state index is 0.0841. The first-order valence-corrected chi connectivity index (χ1v) is 7.71. The first-order valence-electron chi connectivity index (χ1n) is 6.52. The van der Waals surface area contributed by atoms with Gasteiger partial charge in [-0.1, -0.05) is 18.5 Å². The molecule has 1 aromatic rings. The predicted octanol–water partition coefficient (Wildman–Crippen LogP) is 4.13. The molecule has 1 unspecified atom stereocenters. The Hall–Kier alpha value is -0.0900. The van der Waals surface area contributed by atoms with E-state index >= 15 is 0 Å². The number of rotatable bonds is 7. The number of thiophene rings is 1. The summed E-state index contributed by atoms with van der Waals surface area (Å²) in [7, 11) is 0. The molecule has 0 aliphatic heterocycles. The van der Waals surface area contributed by atoms with Crippen LogP contribution in [0.3, 0.4) is 0 Å². The Kier molecular flexibility index (Phi) is 6.64. The van der Waals surface area contributed by atoms with Gasteiger partial charge < -0.3 is 10.1 Å². The zero-order chi connectivity index (χ0) is 13.6. The molecule has 0 aliphatic rings. The van der Waals surface area contributed by atoms with Crippen molar-refractivity contribution in [1.29, 1.82) is 0 Å². The summed E-state index contributed by atoms with van der Waals surface area (Å²) in [6, 6.07) is 4.42. The zero-order valence-corrected chi connectivity index (χ0v) is 13.3. The number of hydrogen-bond acceptors (Lipinski definition) is 3. The van der Waals surface area contributed by atoms with Gasteiger partial charge in [-0.3, -0.25) is 0 Å². The Morgan fingerprint density at radius 1 is 1.39 bits per heavy atom. The first kappa shape index (κ1) is 16.0. The van der Waals surface area contributed by atoms with Crippen LogP contribution in [-0.2, 0) is 11.2 Å². The maximum Gasteiger partial charge on any atom is 0.0931 e. The van der Waals surface area contributed by atoms with Crippen molar-refractivity contribution in [3.05, 3.63) is 21.3 Å². The molecule has 1 heterocycles. The molecular formula is C14H24ClNOS. The summed E-state index contributed by atoms with van der Waals surface area (Å²) in [6.45, 7) is 10.2. The second kappa shape index (κ2) is 7.49. The van der Waals surface area contributed by atoms with E-state index in [0.29, 0.717) is 6.04 Å². The van der Waals surface area contributed by atoms with Crippen LogP contribution in [-0.4, -0.2) is 24.8 Å². The summed E-state index contributed by atoms with van der Waals surface area (Å²) in [4.78, 5) is 1.31. The van der Waals surface area contributed by atoms with Gasteiger partial charge in [0.15, 0.2) is 0 Å². The molecule has 0 saturated carbocycles. The van der Waals surface area contributed by atoms with E-state index in [1.54, 1.807) is 11.3 Å². The normalized spacial score (nSPS) is 13.8. The van der Waals surface area contributed by atoms with E-state index in [0.717, 1.165) is 30.3 Å². The molecule has 1 N–H and O–H groups in total. The summed E-state index contributed by atoms with van der Waals surface area (Å²) >= 11 is 7.62. The lowest BCUT2D eigenvalue weighted by molar-refractivity contribution is -0.0142. The van der Waals surface area contributed by atoms with E-state index in [-0.39, 0.29) is 5.60 Å². The average molecular weight is 290 g/mol. The third-order valence-electron chi connectivity index (χ3n) is 2.48. The molecule has 18 heavy (non-hydrogen) atoms. The highest BCUT2D eigenvalue weighted by Gasteiger charge is 2.16. The molecule has 0 aliphatic carbocycles. The van der Waals surface area contributed by atoms with Crippen molar-refractivity contribution in [3.8, 4) is 0 Å². The van der Waals surface area contributed by atoms with Gasteiger partial charge in [0.2, 0.25) is 0 Å². The van der Waals surface area contributed by atoms with Gasteiger partial charge in [0, 0.05) is 10.9 Å². The maximum atomic E-state index is 5.96. The highest BCUT2D eigenvalue weighted by molar-refractivity contribution is 7.16. The molecule has 0 bridgehead atoms. The topological polar surface area (TPSA) is 21.3 Å². The van der Waals surface area contributed by atoms with Crippen LogP contribution in [0.2, 0.25) is 4.34 Å². The molecule has 0 saturated heterocycles. The zero-order valence-electron chi connectivity index (χ0n) is 11.8. The number of ether oxygens (including phenoxy) is 1. The monoisotopic (exact) mass is 289 g/mol. The molecular weight excluding hydrogens is 266 g/mol. The quantitative estimate of drug-likeness (QED) is 0.815. The number of hydrogen-bond donors (Lipinski definition) is 1. The summed E-state index contributed by atoms with van der Waals surface area (Å²) in [5, 5.41) is 3.54. The standard InChI is InChI=1S/C14H24ClNOS/c1-5-8-16-11(10-17-14(2,3)4)9-12-6-7-13(15)18-12/h6-7,11,16H,5,8-10H2,1-4H3. The van der Waals surface area contributed by atoms with Crippen LogP contribution >= 0.6 is 22.9 Å². The molecule has 0 fully saturated rings. The average Bonchev–Trinajstić information content (AvgIpc) is 2.67. The van der Waals surface area contributed by atoms with E-state index in [1.807, 2.05) is 6.07 Å². The fourth-order valence-corrected chi connectivity index (χ4v) is 2.76. The minimum Gasteiger partial charge on any atom is -0.374 e. The second-order valence-electron chi connectivity index (χ2n) is 5.48. The van der Waals surface area contributed by atoms with Crippen molar-refractivity contribution < 1.29 is 4.74 Å². The van der Waals surface area contributed by atoms with Crippen LogP contribution in [0.1, 0.15) is 39.0 Å². The van der Waals surface area contributed by atoms with Crippen LogP contribution in [0.25, 0.3) is 0 Å². The first-order chi connectivity index (χ1) is 8.40. The summed E-state index contributed by atoms with van der Waals surface area (Å²) in [5.74, 6) is 0. The molecule has 2 nitrogen and oxygen atoms in total. The highest BCUT2D eigenvalue weighted by Crippen LogP contribution is 2.23. The summed E-state index contributed by atoms with van der Waals surface area (Å²) in [6.07, 6.45) is 2.12. The van der Waals surface area contributed by atoms with Gasteiger partial charge in [0.1, 0.15) is 0 Å². The van der Waals surface area contributed by atoms with Crippen LogP contribution in [0, 0.1) is 0 Å². The molecule has 1 rings (SSSR count). The molecule has 1 aromatic heterocycles. The van der Waals surface area contributed by atoms with E-state index in [9.17, 15) is 0 Å². The lowest BCUT2D eigenvalue weighted by Crippen LogP contribution is -2.38. The minimum atomic E-state index is -0.0841. The van der Waals surface area contributed by atoms with Crippen LogP contribution in [0.5, 0.6) is 0 Å². The summed E-state index contributed by atoms with van der Waals surface area (Å²) < 4.78 is 6.73. The SMILES string of the molecule is CCCNC(COC(C)(C)C)Cc1ccc(Cl)s1. The summed E-state index contributed by atoms with van der Waals surface area (Å²) in [5.41, 5.74) is -0.0841. The third-order valence-corrected chi connectivity index (χ3v) is 3.73. The van der Waals surface area contributed by atoms with Crippen molar-refractivity contribution in [2.24, 2.45) is 0 Å². The van der Waals surface area contributed by atoms with Gasteiger partial charge in [-0.15, -0.1) is 11.3 Å². The largest absolute Gasteiger partial charge is 0.374 e. The third kappa shape index (κ3) is 6.74. The van der Waals surface area contributed by atoms with E-state index < -0.39 is 0 Å². The Balaban J connectivity index is 2.49. The Bertz CT molecular complexity index is 346. The molecule has 0 amide bonds. The Morgan fingerprint density at radius 3 is 2.61 bits per heavy atom. The van der Waals surface area contributed by atoms with Crippen LogP contribution in [0.4, 0.5) is 0 Å². The van der Waals surface area contributed by atoms with Crippen molar-refractivity contribution in [1.82, 2.24) is 5.32 Å². The molecule has 0 aromatic carbocycles. The second-order valence-corrected chi connectivity index (χ2v) is 7.28. The molecule has 4 heteroatoms. The molecule has 1 atom stereocenters. The van der Waals surface area contributed by atoms with E-state index in [1.165, 1.54) is 4.88 Å². The smallest absolute Gasteiger partial charge is 0.0931 e. The Labute approximate surface area is 120 Å². The van der Waals surface area contributed by atoms with Gasteiger partial charge in [0.25, 0.3) is 0 Å². The van der Waals surface area contributed by atoms with E-state index in [4.69, 9.17) is 16.3 Å². The highest BCUT2D eigenvalue weighted by atomic mass is 35.5. The van der Waals surface area contributed by atoms with Crippen LogP contribution in [0.15, 0.2) is 12.1 Å². The Morgan fingerprint density at radius 2 is 2.11 bits per heavy atom. The van der Waals surface area contributed by atoms with Gasteiger partial charge in [0.05, 0.1) is 16.5 Å². The predicted molar refractivity (Wildman–Crippen MR) is 80.8 cm³/mol. The van der Waals surface area contributed by atoms with Crippen molar-refractivity contribution in [3.63, 3.8) is 0 Å². The van der Waals surface area contributed by atoms with Crippen molar-refractivity contribution in [2.75, 3.05) is 13.2 Å². The van der Waals surface area contributed by atoms with Gasteiger partial charge in [-0.25, -0.2) is 0 Å². The fraction of sp³-hybridized carbons (Fsp3) is 0.714. The molecule has 0 radical (unpaired) electrons. The van der Waals surface area contributed by atoms with E-state index in [2.05, 4.69) is 39.1 Å². The maximum absolute atomic E-state index is 5.96. The van der Waals surface area contributed by atoms with Crippen molar-refractivity contribution in [2.45, 2.75) is 52.2 Å².